The van der Waals surface area contributed by atoms with Gasteiger partial charge in [-0.2, -0.15) is 0 Å². The van der Waals surface area contributed by atoms with Gasteiger partial charge < -0.3 is 0 Å². The van der Waals surface area contributed by atoms with Crippen molar-refractivity contribution < 1.29 is 41.6 Å². The van der Waals surface area contributed by atoms with E-state index in [0.29, 0.717) is 44.5 Å². The molecular formula is C95H114N4Si2+4. The molecular weight excluding hydrogens is 1250 g/mol. The van der Waals surface area contributed by atoms with Gasteiger partial charge in [-0.15, -0.1) is 0 Å². The van der Waals surface area contributed by atoms with Crippen molar-refractivity contribution in [3.63, 3.8) is 0 Å². The quantitative estimate of drug-likeness (QED) is 0.0906. The van der Waals surface area contributed by atoms with Crippen LogP contribution in [0.4, 0.5) is 0 Å². The monoisotopic (exact) mass is 1380 g/mol. The van der Waals surface area contributed by atoms with E-state index >= 15 is 0 Å². The zero-order chi connectivity index (χ0) is 87.9. The second-order valence-corrected chi connectivity index (χ2v) is 40.3. The summed E-state index contributed by atoms with van der Waals surface area (Å²) in [6, 6.07) is 64.0. The number of hydrogen-bond acceptors (Lipinski definition) is 0. The summed E-state index contributed by atoms with van der Waals surface area (Å²) in [6.45, 7) is 22.5. The second kappa shape index (κ2) is 31.8. The Hall–Kier alpha value is -9.21. The van der Waals surface area contributed by atoms with Crippen LogP contribution in [0.3, 0.4) is 0 Å². The third-order valence-electron chi connectivity index (χ3n) is 18.6. The van der Waals surface area contributed by atoms with Gasteiger partial charge in [-0.25, -0.2) is 18.3 Å². The molecule has 518 valence electrons. The minimum Gasteiger partial charge on any atom is -0.201 e. The Morgan fingerprint density at radius 1 is 0.307 bits per heavy atom. The van der Waals surface area contributed by atoms with Gasteiger partial charge in [-0.05, 0) is 230 Å². The summed E-state index contributed by atoms with van der Waals surface area (Å²) in [5.74, 6) is 0. The molecule has 0 saturated heterocycles. The molecule has 0 N–H and O–H groups in total. The molecule has 8 aromatic carbocycles. The lowest BCUT2D eigenvalue weighted by Crippen LogP contribution is -2.47. The highest BCUT2D eigenvalue weighted by Gasteiger charge is 2.30. The summed E-state index contributed by atoms with van der Waals surface area (Å²) in [4.78, 5) is 0. The fourth-order valence-electron chi connectivity index (χ4n) is 13.1. The molecule has 0 amide bonds. The third-order valence-corrected chi connectivity index (χ3v) is 22.7. The van der Waals surface area contributed by atoms with E-state index in [2.05, 4.69) is 111 Å². The summed E-state index contributed by atoms with van der Waals surface area (Å²) >= 11 is 0. The fraction of sp³-hybridized carbons (Fsp3) is 0.284. The van der Waals surface area contributed by atoms with E-state index in [1.54, 1.807) is 29.8 Å². The maximum absolute atomic E-state index is 9.12. The van der Waals surface area contributed by atoms with E-state index in [4.69, 9.17) is 23.3 Å². The van der Waals surface area contributed by atoms with Crippen LogP contribution in [-0.2, 0) is 34.6 Å². The molecule has 4 nitrogen and oxygen atoms in total. The Morgan fingerprint density at radius 3 is 0.941 bits per heavy atom. The lowest BCUT2D eigenvalue weighted by atomic mass is 9.87. The molecule has 12 rings (SSSR count). The molecule has 0 radical (unpaired) electrons. The van der Waals surface area contributed by atoms with Gasteiger partial charge >= 0.3 is 0 Å². The first-order chi connectivity index (χ1) is 54.4. The Morgan fingerprint density at radius 2 is 0.614 bits per heavy atom. The van der Waals surface area contributed by atoms with Crippen molar-refractivity contribution in [3.8, 4) is 89.5 Å². The van der Waals surface area contributed by atoms with Crippen LogP contribution in [0.15, 0.2) is 225 Å². The van der Waals surface area contributed by atoms with Crippen LogP contribution in [0.2, 0.25) is 39.3 Å². The number of hydrogen-bond donors (Lipinski definition) is 0. The van der Waals surface area contributed by atoms with Crippen molar-refractivity contribution >= 4 is 26.5 Å². The molecule has 6 heteroatoms. The van der Waals surface area contributed by atoms with E-state index in [0.717, 1.165) is 111 Å². The molecule has 12 aromatic rings. The normalized spacial score (nSPS) is 14.7. The molecule has 0 saturated carbocycles. The van der Waals surface area contributed by atoms with Gasteiger partial charge in [0.05, 0.1) is 16.1 Å². The standard InChI is InChI=1S/C28H38NSi.C24H30NSi.C22H24N.C21H22N/c1-20-15-21(2)25(17-24(20)22-13-11-10-12-14-22)26-16-23(18-28(3,4)5)27(19-29(26)6)30(7,8)9;1-17-13-18(2)22(15-21(17)20-11-9-8-10-12-20)23-14-19(3)24(16-25(23)4)26(5,6)7;1-15-12-22(23(5)14-18(15)4)21-13-20(16(2)11-17(21)3)19-9-7-6-8-10-19;1-15-10-11-22(4)21(12-15)20-14-19(16(2)13-17(20)3)18-8-6-5-7-9-18/h10-17,19H,18H2,1-9H3;8-16H,1-7H3;6-14H,1-5H3;5-14H,1-4H3/q4*+1/i1D3,18D2;1D3;2D3,4D3;2D3. The zero-order valence-corrected chi connectivity index (χ0v) is 65.2. The molecule has 4 aromatic heterocycles. The van der Waals surface area contributed by atoms with Crippen LogP contribution >= 0.6 is 0 Å². The average molecular weight is 1390 g/mol. The summed E-state index contributed by atoms with van der Waals surface area (Å²) in [5.41, 5.74) is 22.9. The predicted molar refractivity (Wildman–Crippen MR) is 440 cm³/mol. The number of aryl methyl sites for hydroxylation is 16. The Bertz CT molecular complexity index is 5460. The highest BCUT2D eigenvalue weighted by Crippen LogP contribution is 2.37. The lowest BCUT2D eigenvalue weighted by Gasteiger charge is -2.25. The van der Waals surface area contributed by atoms with Gasteiger partial charge in [-0.3, -0.25) is 0 Å². The Balaban J connectivity index is 0.000000181. The first kappa shape index (κ1) is 55.5. The summed E-state index contributed by atoms with van der Waals surface area (Å²) in [7, 11) is 4.59. The summed E-state index contributed by atoms with van der Waals surface area (Å²) in [6.07, 6.45) is 6.48. The van der Waals surface area contributed by atoms with Crippen molar-refractivity contribution in [1.29, 1.82) is 0 Å². The Kier molecular flexibility index (Phi) is 17.5. The van der Waals surface area contributed by atoms with E-state index in [9.17, 15) is 0 Å². The van der Waals surface area contributed by atoms with Crippen molar-refractivity contribution in [2.45, 2.75) is 149 Å². The number of rotatable bonds is 11. The lowest BCUT2D eigenvalue weighted by molar-refractivity contribution is -0.660. The smallest absolute Gasteiger partial charge is 0.201 e. The number of pyridine rings is 4. The molecule has 4 heterocycles. The molecule has 0 fully saturated rings. The van der Waals surface area contributed by atoms with Gasteiger partial charge in [0.15, 0.2) is 24.8 Å². The highest BCUT2D eigenvalue weighted by molar-refractivity contribution is 6.89. The van der Waals surface area contributed by atoms with Crippen LogP contribution < -0.4 is 28.6 Å². The van der Waals surface area contributed by atoms with E-state index in [1.807, 2.05) is 240 Å². The second-order valence-electron chi connectivity index (χ2n) is 30.2. The van der Waals surface area contributed by atoms with E-state index < -0.39 is 62.2 Å². The fourth-order valence-corrected chi connectivity index (χ4v) is 16.5. The van der Waals surface area contributed by atoms with Crippen LogP contribution in [0, 0.1) is 88.1 Å². The molecule has 101 heavy (non-hydrogen) atoms. The molecule has 0 aliphatic rings. The van der Waals surface area contributed by atoms with Gasteiger partial charge in [0.2, 0.25) is 22.8 Å². The van der Waals surface area contributed by atoms with Gasteiger partial charge in [-0.1, -0.05) is 206 Å². The van der Waals surface area contributed by atoms with E-state index in [1.165, 1.54) is 16.3 Å². The van der Waals surface area contributed by atoms with Gasteiger partial charge in [0.1, 0.15) is 28.2 Å². The molecule has 0 aliphatic heterocycles. The largest absolute Gasteiger partial charge is 0.212 e. The number of benzene rings is 8. The van der Waals surface area contributed by atoms with Crippen molar-refractivity contribution in [2.75, 3.05) is 0 Å². The van der Waals surface area contributed by atoms with Crippen LogP contribution in [0.5, 0.6) is 0 Å². The van der Waals surface area contributed by atoms with Crippen LogP contribution in [0.25, 0.3) is 89.5 Å². The van der Waals surface area contributed by atoms with Crippen molar-refractivity contribution in [1.82, 2.24) is 0 Å². The maximum Gasteiger partial charge on any atom is 0.212 e. The molecule has 0 bridgehead atoms. The maximum atomic E-state index is 9.12. The molecule has 0 spiro atoms. The van der Waals surface area contributed by atoms with Gasteiger partial charge in [0.25, 0.3) is 0 Å². The van der Waals surface area contributed by atoms with Crippen molar-refractivity contribution in [2.24, 2.45) is 33.6 Å². The first-order valence-corrected chi connectivity index (χ1v) is 41.8. The predicted octanol–water partition coefficient (Wildman–Crippen LogP) is 21.8. The molecule has 0 atom stereocenters. The van der Waals surface area contributed by atoms with E-state index in [-0.39, 0.29) is 0 Å². The van der Waals surface area contributed by atoms with Crippen LogP contribution in [-0.4, -0.2) is 16.1 Å². The van der Waals surface area contributed by atoms with Crippen LogP contribution in [0.1, 0.15) is 116 Å². The Labute approximate surface area is 634 Å². The molecule has 0 aliphatic carbocycles. The highest BCUT2D eigenvalue weighted by atomic mass is 28.3. The number of aromatic nitrogens is 4. The third kappa shape index (κ3) is 18.5. The minimum absolute atomic E-state index is 0.309. The van der Waals surface area contributed by atoms with Gasteiger partial charge in [0, 0.05) is 91.8 Å². The molecule has 0 unspecified atom stereocenters. The summed E-state index contributed by atoms with van der Waals surface area (Å²) in [5, 5.41) is 2.55. The first-order valence-electron chi connectivity index (χ1n) is 43.3. The SMILES string of the molecule is [2H]C([2H])([2H])c1c[n+](C)c(-c2cc(-c3ccccc3)c(C([2H])([2H])[2H])cc2C)cc1C.[2H]C([2H])([2H])c1cc(C)c(-c2cc(C([2H])([2H])C(C)(C)C)c([Si](C)(C)C)c[n+]2C)cc1-c1ccccc1.[2H]C([2H])([2H])c1cc(C)c(-c2cc(C)c([Si](C)(C)C)c[n+]2C)cc1-c1ccccc1.[2H]C([2H])([2H])c1cc(C)c(-c2cc(C)cc[n+]2C)cc1-c1ccccc1. The van der Waals surface area contributed by atoms with Crippen molar-refractivity contribution in [3.05, 3.63) is 297 Å². The average Bonchev–Trinajstić information content (AvgIpc) is 0.760. The minimum atomic E-state index is -2.24. The zero-order valence-electron chi connectivity index (χ0n) is 80.2. The number of nitrogens with zero attached hydrogens (tertiary/aromatic N) is 4. The topological polar surface area (TPSA) is 15.5 Å². The summed E-state index contributed by atoms with van der Waals surface area (Å²) < 4.78 is 146.